The van der Waals surface area contributed by atoms with Gasteiger partial charge < -0.3 is 20.1 Å². The van der Waals surface area contributed by atoms with Crippen LogP contribution in [0.2, 0.25) is 0 Å². The number of nitrogens with one attached hydrogen (secondary N) is 2. The summed E-state index contributed by atoms with van der Waals surface area (Å²) in [4.78, 5) is 25.9. The van der Waals surface area contributed by atoms with Gasteiger partial charge in [-0.1, -0.05) is 195 Å². The summed E-state index contributed by atoms with van der Waals surface area (Å²) in [5.41, 5.74) is 0. The lowest BCUT2D eigenvalue weighted by Gasteiger charge is -2.32. The molecule has 2 unspecified atom stereocenters. The molecule has 2 N–H and O–H groups in total. The number of hydrogen-bond acceptors (Lipinski definition) is 6. The maximum atomic E-state index is 12.9. The van der Waals surface area contributed by atoms with Crippen LogP contribution in [0.1, 0.15) is 246 Å². The number of piperazine rings is 1. The SMILES string of the molecule is CCCCCCCC(CCCCCCC)C(=O)OCCCCCCC1CNCC(CCCCCCOC(=O)C(CCCCCCC)CCCCCCC)N1. The van der Waals surface area contributed by atoms with E-state index in [1.807, 2.05) is 0 Å². The zero-order chi connectivity index (χ0) is 39.2. The Hall–Kier alpha value is -1.14. The summed E-state index contributed by atoms with van der Waals surface area (Å²) in [6.07, 6.45) is 40.7. The molecule has 1 aliphatic heterocycles. The maximum absolute atomic E-state index is 12.9. The molecule has 0 spiro atoms. The Morgan fingerprint density at radius 1 is 0.426 bits per heavy atom. The fourth-order valence-corrected chi connectivity index (χ4v) is 8.26. The van der Waals surface area contributed by atoms with E-state index in [0.717, 1.165) is 90.1 Å². The van der Waals surface area contributed by atoms with Crippen molar-refractivity contribution in [2.24, 2.45) is 11.8 Å². The Kier molecular flexibility index (Phi) is 36.5. The average molecular weight is 763 g/mol. The fourth-order valence-electron chi connectivity index (χ4n) is 8.26. The highest BCUT2D eigenvalue weighted by Crippen LogP contribution is 2.22. The molecule has 6 heteroatoms. The molecular weight excluding hydrogens is 669 g/mol. The van der Waals surface area contributed by atoms with E-state index in [1.54, 1.807) is 0 Å². The molecule has 1 heterocycles. The number of carbonyl (C=O) groups excluding carboxylic acids is 2. The minimum absolute atomic E-state index is 0.0729. The van der Waals surface area contributed by atoms with Crippen LogP contribution in [0.15, 0.2) is 0 Å². The van der Waals surface area contributed by atoms with Crippen molar-refractivity contribution in [3.63, 3.8) is 0 Å². The summed E-state index contributed by atoms with van der Waals surface area (Å²) in [5.74, 6) is 0.364. The van der Waals surface area contributed by atoms with E-state index >= 15 is 0 Å². The van der Waals surface area contributed by atoms with Crippen molar-refractivity contribution in [1.82, 2.24) is 10.6 Å². The summed E-state index contributed by atoms with van der Waals surface area (Å²) in [5, 5.41) is 7.60. The van der Waals surface area contributed by atoms with E-state index < -0.39 is 0 Å². The summed E-state index contributed by atoms with van der Waals surface area (Å²) < 4.78 is 11.6. The molecule has 0 radical (unpaired) electrons. The normalized spacial score (nSPS) is 16.0. The Labute approximate surface area is 337 Å². The first-order valence-corrected chi connectivity index (χ1v) is 24.4. The van der Waals surface area contributed by atoms with Crippen LogP contribution in [0, 0.1) is 11.8 Å². The smallest absolute Gasteiger partial charge is 0.308 e. The van der Waals surface area contributed by atoms with Crippen LogP contribution in [0.4, 0.5) is 0 Å². The fraction of sp³-hybridized carbons (Fsp3) is 0.958. The number of esters is 2. The second-order valence-corrected chi connectivity index (χ2v) is 17.2. The largest absolute Gasteiger partial charge is 0.465 e. The van der Waals surface area contributed by atoms with E-state index in [4.69, 9.17) is 9.47 Å². The number of hydrogen-bond donors (Lipinski definition) is 2. The molecule has 0 aromatic rings. The molecule has 0 amide bonds. The van der Waals surface area contributed by atoms with E-state index in [-0.39, 0.29) is 23.8 Å². The monoisotopic (exact) mass is 763 g/mol. The first-order valence-electron chi connectivity index (χ1n) is 24.4. The third-order valence-electron chi connectivity index (χ3n) is 11.9. The zero-order valence-electron chi connectivity index (χ0n) is 36.8. The molecule has 1 saturated heterocycles. The highest BCUT2D eigenvalue weighted by Gasteiger charge is 2.22. The topological polar surface area (TPSA) is 76.7 Å². The van der Waals surface area contributed by atoms with Gasteiger partial charge in [-0.05, 0) is 51.4 Å². The summed E-state index contributed by atoms with van der Waals surface area (Å²) >= 11 is 0. The Morgan fingerprint density at radius 2 is 0.722 bits per heavy atom. The Morgan fingerprint density at radius 3 is 1.06 bits per heavy atom. The van der Waals surface area contributed by atoms with Crippen LogP contribution in [-0.4, -0.2) is 50.3 Å². The van der Waals surface area contributed by atoms with Crippen LogP contribution >= 0.6 is 0 Å². The van der Waals surface area contributed by atoms with Crippen LogP contribution in [0.5, 0.6) is 0 Å². The lowest BCUT2D eigenvalue weighted by atomic mass is 9.94. The van der Waals surface area contributed by atoms with Gasteiger partial charge in [0.2, 0.25) is 0 Å². The predicted octanol–water partition coefficient (Wildman–Crippen LogP) is 13.6. The first-order chi connectivity index (χ1) is 26.5. The zero-order valence-corrected chi connectivity index (χ0v) is 36.8. The third-order valence-corrected chi connectivity index (χ3v) is 11.9. The summed E-state index contributed by atoms with van der Waals surface area (Å²) in [7, 11) is 0. The van der Waals surface area contributed by atoms with Gasteiger partial charge in [0.25, 0.3) is 0 Å². The van der Waals surface area contributed by atoms with Crippen molar-refractivity contribution in [3.8, 4) is 0 Å². The third kappa shape index (κ3) is 30.1. The molecule has 0 bridgehead atoms. The molecule has 0 aromatic heterocycles. The van der Waals surface area contributed by atoms with Crippen molar-refractivity contribution in [2.45, 2.75) is 258 Å². The second-order valence-electron chi connectivity index (χ2n) is 17.2. The molecule has 1 rings (SSSR count). The molecule has 0 saturated carbocycles. The number of carbonyl (C=O) groups is 2. The molecule has 0 aliphatic carbocycles. The van der Waals surface area contributed by atoms with Gasteiger partial charge in [0.1, 0.15) is 0 Å². The van der Waals surface area contributed by atoms with E-state index in [1.165, 1.54) is 141 Å². The first kappa shape index (κ1) is 50.9. The van der Waals surface area contributed by atoms with E-state index in [9.17, 15) is 9.59 Å². The van der Waals surface area contributed by atoms with Crippen LogP contribution < -0.4 is 10.6 Å². The molecular formula is C48H94N2O4. The van der Waals surface area contributed by atoms with Crippen molar-refractivity contribution >= 4 is 11.9 Å². The highest BCUT2D eigenvalue weighted by atomic mass is 16.5. The predicted molar refractivity (Wildman–Crippen MR) is 232 cm³/mol. The van der Waals surface area contributed by atoms with E-state index in [0.29, 0.717) is 25.3 Å². The van der Waals surface area contributed by atoms with Crippen LogP contribution in [-0.2, 0) is 19.1 Å². The van der Waals surface area contributed by atoms with Crippen molar-refractivity contribution in [2.75, 3.05) is 26.3 Å². The molecule has 54 heavy (non-hydrogen) atoms. The molecule has 320 valence electrons. The maximum Gasteiger partial charge on any atom is 0.308 e. The van der Waals surface area contributed by atoms with Crippen molar-refractivity contribution in [3.05, 3.63) is 0 Å². The summed E-state index contributed by atoms with van der Waals surface area (Å²) in [6, 6.07) is 1.12. The van der Waals surface area contributed by atoms with Gasteiger partial charge in [-0.15, -0.1) is 0 Å². The van der Waals surface area contributed by atoms with Crippen LogP contribution in [0.3, 0.4) is 0 Å². The highest BCUT2D eigenvalue weighted by molar-refractivity contribution is 5.72. The Bertz CT molecular complexity index is 731. The molecule has 0 aromatic carbocycles. The number of ether oxygens (including phenoxy) is 2. The lowest BCUT2D eigenvalue weighted by molar-refractivity contribution is -0.150. The van der Waals surface area contributed by atoms with E-state index in [2.05, 4.69) is 38.3 Å². The Balaban J connectivity index is 2.17. The minimum atomic E-state index is 0.0729. The van der Waals surface area contributed by atoms with Crippen molar-refractivity contribution < 1.29 is 19.1 Å². The number of rotatable bonds is 40. The second kappa shape index (κ2) is 38.7. The van der Waals surface area contributed by atoms with Gasteiger partial charge in [0.15, 0.2) is 0 Å². The van der Waals surface area contributed by atoms with Gasteiger partial charge >= 0.3 is 11.9 Å². The molecule has 6 nitrogen and oxygen atoms in total. The lowest BCUT2D eigenvalue weighted by Crippen LogP contribution is -2.54. The standard InChI is InChI=1S/C48H94N2O4/c1-5-9-13-17-25-33-43(34-26-18-14-10-6-2)47(51)53-39-31-23-21-29-37-45-41-49-42-46(50-45)38-30-22-24-32-40-54-48(52)44(35-27-19-15-11-7-3)36-28-20-16-12-8-4/h43-46,49-50H,5-42H2,1-4H3. The number of unbranched alkanes of at least 4 members (excludes halogenated alkanes) is 22. The molecule has 1 fully saturated rings. The van der Waals surface area contributed by atoms with Gasteiger partial charge in [0.05, 0.1) is 25.0 Å². The van der Waals surface area contributed by atoms with Crippen LogP contribution in [0.25, 0.3) is 0 Å². The molecule has 1 aliphatic rings. The van der Waals surface area contributed by atoms with Gasteiger partial charge in [-0.2, -0.15) is 0 Å². The van der Waals surface area contributed by atoms with Gasteiger partial charge in [0, 0.05) is 25.2 Å². The van der Waals surface area contributed by atoms with Gasteiger partial charge in [-0.25, -0.2) is 0 Å². The summed E-state index contributed by atoms with van der Waals surface area (Å²) in [6.45, 7) is 12.3. The van der Waals surface area contributed by atoms with Crippen molar-refractivity contribution in [1.29, 1.82) is 0 Å². The average Bonchev–Trinajstić information content (AvgIpc) is 3.18. The van der Waals surface area contributed by atoms with Gasteiger partial charge in [-0.3, -0.25) is 9.59 Å². The molecule has 2 atom stereocenters. The minimum Gasteiger partial charge on any atom is -0.465 e. The quantitative estimate of drug-likeness (QED) is 0.0478.